The van der Waals surface area contributed by atoms with Gasteiger partial charge in [0.15, 0.2) is 0 Å². The van der Waals surface area contributed by atoms with Crippen LogP contribution in [0.1, 0.15) is 32.6 Å². The predicted octanol–water partition coefficient (Wildman–Crippen LogP) is 1.95. The highest BCUT2D eigenvalue weighted by Crippen LogP contribution is 2.17. The average Bonchev–Trinajstić information content (AvgIpc) is 2.25. The number of rotatable bonds is 6. The van der Waals surface area contributed by atoms with Gasteiger partial charge in [0.25, 0.3) is 0 Å². The predicted molar refractivity (Wildman–Crippen MR) is 64.6 cm³/mol. The lowest BCUT2D eigenvalue weighted by Crippen LogP contribution is -2.34. The van der Waals surface area contributed by atoms with Crippen molar-refractivity contribution in [3.63, 3.8) is 0 Å². The molecule has 3 heteroatoms. The molecule has 0 saturated carbocycles. The van der Waals surface area contributed by atoms with Crippen molar-refractivity contribution in [1.29, 1.82) is 0 Å². The van der Waals surface area contributed by atoms with Crippen LogP contribution in [0.15, 0.2) is 0 Å². The van der Waals surface area contributed by atoms with Gasteiger partial charge in [-0.15, -0.1) is 0 Å². The molecule has 1 rings (SSSR count). The summed E-state index contributed by atoms with van der Waals surface area (Å²) >= 11 is 0. The normalized spacial score (nSPS) is 24.9. The summed E-state index contributed by atoms with van der Waals surface area (Å²) in [7, 11) is -0.588. The lowest BCUT2D eigenvalue weighted by Gasteiger charge is -2.27. The van der Waals surface area contributed by atoms with E-state index in [4.69, 9.17) is 4.74 Å². The second kappa shape index (κ2) is 7.43. The smallest absolute Gasteiger partial charge is 0.0687 e. The summed E-state index contributed by atoms with van der Waals surface area (Å²) in [5.74, 6) is 0. The highest BCUT2D eigenvalue weighted by atomic mass is 28.3. The number of hydrogen-bond donors (Lipinski definition) is 1. The van der Waals surface area contributed by atoms with Gasteiger partial charge in [0.05, 0.1) is 8.80 Å². The molecule has 0 spiro atoms. The molecule has 14 heavy (non-hydrogen) atoms. The molecular weight excluding hydrogens is 190 g/mol. The first-order chi connectivity index (χ1) is 6.84. The molecule has 0 radical (unpaired) electrons. The van der Waals surface area contributed by atoms with Crippen molar-refractivity contribution in [3.05, 3.63) is 0 Å². The minimum Gasteiger partial charge on any atom is -0.382 e. The van der Waals surface area contributed by atoms with Gasteiger partial charge in [-0.25, -0.2) is 0 Å². The number of nitrogens with one attached hydrogen (secondary N) is 1. The first kappa shape index (κ1) is 12.2. The van der Waals surface area contributed by atoms with Crippen LogP contribution in [0.3, 0.4) is 0 Å². The highest BCUT2D eigenvalue weighted by Gasteiger charge is 2.21. The molecule has 2 nitrogen and oxygen atoms in total. The summed E-state index contributed by atoms with van der Waals surface area (Å²) < 4.78 is 5.84. The van der Waals surface area contributed by atoms with Gasteiger partial charge >= 0.3 is 0 Å². The summed E-state index contributed by atoms with van der Waals surface area (Å²) in [6.45, 7) is 7.97. The maximum absolute atomic E-state index is 5.84. The van der Waals surface area contributed by atoms with E-state index in [9.17, 15) is 0 Å². The minimum absolute atomic E-state index is 0.588. The first-order valence-electron chi connectivity index (χ1n) is 6.17. The molecule has 84 valence electrons. The third-order valence-electron chi connectivity index (χ3n) is 3.11. The van der Waals surface area contributed by atoms with Crippen molar-refractivity contribution in [3.8, 4) is 0 Å². The molecule has 1 heterocycles. The second-order valence-electron chi connectivity index (χ2n) is 4.38. The quantitative estimate of drug-likeness (QED) is 0.540. The second-order valence-corrected chi connectivity index (χ2v) is 7.65. The van der Waals surface area contributed by atoms with Crippen molar-refractivity contribution in [1.82, 2.24) is 5.32 Å². The summed E-state index contributed by atoms with van der Waals surface area (Å²) in [6, 6.07) is 1.44. The molecule has 1 aliphatic heterocycles. The van der Waals surface area contributed by atoms with E-state index >= 15 is 0 Å². The van der Waals surface area contributed by atoms with Crippen molar-refractivity contribution in [2.75, 3.05) is 19.7 Å². The Balaban J connectivity index is 2.04. The standard InChI is InChI=1S/C11H25NOSi/c1-3-12-8-6-10-14(2)11-7-4-5-9-13-11/h11-12,14H,3-10H2,1-2H3. The van der Waals surface area contributed by atoms with Gasteiger partial charge in [-0.05, 0) is 38.8 Å². The van der Waals surface area contributed by atoms with E-state index in [-0.39, 0.29) is 0 Å². The molecule has 2 unspecified atom stereocenters. The van der Waals surface area contributed by atoms with Gasteiger partial charge < -0.3 is 10.1 Å². The Kier molecular flexibility index (Phi) is 6.48. The van der Waals surface area contributed by atoms with Crippen LogP contribution < -0.4 is 5.32 Å². The molecule has 2 atom stereocenters. The first-order valence-corrected chi connectivity index (χ1v) is 8.80. The molecule has 0 bridgehead atoms. The summed E-state index contributed by atoms with van der Waals surface area (Å²) in [4.78, 5) is 0. The van der Waals surface area contributed by atoms with E-state index in [1.165, 1.54) is 38.3 Å². The van der Waals surface area contributed by atoms with E-state index in [1.807, 2.05) is 0 Å². The minimum atomic E-state index is -0.588. The SMILES string of the molecule is CCNCCC[SiH](C)C1CCCCO1. The van der Waals surface area contributed by atoms with Crippen LogP contribution in [0.4, 0.5) is 0 Å². The maximum Gasteiger partial charge on any atom is 0.0687 e. The Morgan fingerprint density at radius 2 is 2.29 bits per heavy atom. The van der Waals surface area contributed by atoms with Gasteiger partial charge in [0, 0.05) is 12.3 Å². The molecule has 0 amide bonds. The average molecular weight is 215 g/mol. The van der Waals surface area contributed by atoms with E-state index in [1.54, 1.807) is 0 Å². The molecule has 0 aromatic rings. The van der Waals surface area contributed by atoms with Crippen LogP contribution in [0.2, 0.25) is 12.6 Å². The summed E-state index contributed by atoms with van der Waals surface area (Å²) in [5.41, 5.74) is 0.686. The third kappa shape index (κ3) is 4.58. The fourth-order valence-corrected chi connectivity index (χ4v) is 4.62. The molecule has 1 aliphatic rings. The molecule has 0 aromatic carbocycles. The Hall–Kier alpha value is 0.137. The Bertz CT molecular complexity index is 137. The maximum atomic E-state index is 5.84. The fourth-order valence-electron chi connectivity index (χ4n) is 2.13. The van der Waals surface area contributed by atoms with Crippen LogP contribution in [0.25, 0.3) is 0 Å². The molecule has 0 aliphatic carbocycles. The van der Waals surface area contributed by atoms with E-state index in [2.05, 4.69) is 18.8 Å². The molecular formula is C11H25NOSi. The summed E-state index contributed by atoms with van der Waals surface area (Å²) in [6.07, 6.45) is 5.37. The van der Waals surface area contributed by atoms with Crippen molar-refractivity contribution in [2.45, 2.75) is 50.9 Å². The van der Waals surface area contributed by atoms with Gasteiger partial charge in [0.1, 0.15) is 0 Å². The van der Waals surface area contributed by atoms with Crippen LogP contribution >= 0.6 is 0 Å². The zero-order chi connectivity index (χ0) is 10.2. The Morgan fingerprint density at radius 3 is 2.93 bits per heavy atom. The highest BCUT2D eigenvalue weighted by molar-refractivity contribution is 6.58. The van der Waals surface area contributed by atoms with Crippen LogP contribution in [0.5, 0.6) is 0 Å². The monoisotopic (exact) mass is 215 g/mol. The Morgan fingerprint density at radius 1 is 1.43 bits per heavy atom. The zero-order valence-electron chi connectivity index (χ0n) is 9.72. The molecule has 1 fully saturated rings. The van der Waals surface area contributed by atoms with Crippen LogP contribution in [0, 0.1) is 0 Å². The largest absolute Gasteiger partial charge is 0.382 e. The van der Waals surface area contributed by atoms with Gasteiger partial charge in [-0.3, -0.25) is 0 Å². The topological polar surface area (TPSA) is 21.3 Å². The lowest BCUT2D eigenvalue weighted by atomic mass is 10.2. The number of ether oxygens (including phenoxy) is 1. The number of hydrogen-bond acceptors (Lipinski definition) is 2. The summed E-state index contributed by atoms with van der Waals surface area (Å²) in [5, 5.41) is 3.39. The molecule has 1 N–H and O–H groups in total. The van der Waals surface area contributed by atoms with Crippen molar-refractivity contribution >= 4 is 8.80 Å². The van der Waals surface area contributed by atoms with E-state index in [0.29, 0.717) is 5.73 Å². The Labute approximate surface area is 90.0 Å². The molecule has 0 aromatic heterocycles. The third-order valence-corrected chi connectivity index (χ3v) is 6.23. The van der Waals surface area contributed by atoms with Gasteiger partial charge in [-0.2, -0.15) is 0 Å². The van der Waals surface area contributed by atoms with Gasteiger partial charge in [-0.1, -0.05) is 19.5 Å². The molecule has 1 saturated heterocycles. The van der Waals surface area contributed by atoms with Gasteiger partial charge in [0.2, 0.25) is 0 Å². The van der Waals surface area contributed by atoms with Crippen molar-refractivity contribution < 1.29 is 4.74 Å². The van der Waals surface area contributed by atoms with Crippen LogP contribution in [-0.2, 0) is 4.74 Å². The van der Waals surface area contributed by atoms with E-state index < -0.39 is 8.80 Å². The van der Waals surface area contributed by atoms with E-state index in [0.717, 1.165) is 13.2 Å². The van der Waals surface area contributed by atoms with Crippen molar-refractivity contribution in [2.24, 2.45) is 0 Å². The van der Waals surface area contributed by atoms with Crippen LogP contribution in [-0.4, -0.2) is 34.2 Å². The lowest BCUT2D eigenvalue weighted by molar-refractivity contribution is 0.0625. The zero-order valence-corrected chi connectivity index (χ0v) is 10.9. The fraction of sp³-hybridized carbons (Fsp3) is 1.00.